The van der Waals surface area contributed by atoms with Crippen LogP contribution in [0, 0.1) is 0 Å². The summed E-state index contributed by atoms with van der Waals surface area (Å²) in [5.41, 5.74) is -2.32. The number of anilines is 2. The molecule has 248 valence electrons. The highest BCUT2D eigenvalue weighted by Gasteiger charge is 2.36. The molecule has 4 rings (SSSR count). The predicted octanol–water partition coefficient (Wildman–Crippen LogP) is 7.78. The molecule has 2 heterocycles. The summed E-state index contributed by atoms with van der Waals surface area (Å²) in [5.74, 6) is -1.44. The Kier molecular flexibility index (Phi) is 10.2. The molecule has 0 spiro atoms. The number of alkyl halides is 6. The number of piperidine rings is 1. The minimum absolute atomic E-state index is 0.0361. The lowest BCUT2D eigenvalue weighted by atomic mass is 9.89. The molecule has 46 heavy (non-hydrogen) atoms. The molecule has 0 saturated carbocycles. The topological polar surface area (TPSA) is 105 Å². The van der Waals surface area contributed by atoms with Crippen LogP contribution in [0.3, 0.4) is 0 Å². The van der Waals surface area contributed by atoms with E-state index >= 15 is 0 Å². The number of aliphatic carboxylic acids is 1. The number of hydrogen-bond acceptors (Lipinski definition) is 6. The van der Waals surface area contributed by atoms with Gasteiger partial charge in [0.1, 0.15) is 5.60 Å². The minimum atomic E-state index is -4.84. The number of ether oxygens (including phenoxy) is 1. The van der Waals surface area contributed by atoms with Crippen molar-refractivity contribution in [2.75, 3.05) is 18.4 Å². The van der Waals surface area contributed by atoms with Crippen molar-refractivity contribution in [2.45, 2.75) is 76.7 Å². The lowest BCUT2D eigenvalue weighted by Gasteiger charge is -2.33. The Balaban J connectivity index is 1.48. The van der Waals surface area contributed by atoms with Crippen molar-refractivity contribution < 1.29 is 45.8 Å². The van der Waals surface area contributed by atoms with E-state index in [2.05, 4.69) is 15.3 Å². The van der Waals surface area contributed by atoms with Crippen molar-refractivity contribution in [3.05, 3.63) is 82.2 Å². The maximum Gasteiger partial charge on any atom is 0.419 e. The number of carbonyl (C=O) groups excluding carboxylic acids is 1. The number of nitrogens with zero attached hydrogens (tertiary/aromatic N) is 3. The zero-order chi connectivity index (χ0) is 33.9. The molecule has 0 atom stereocenters. The number of nitrogens with one attached hydrogen (secondary N) is 1. The van der Waals surface area contributed by atoms with Gasteiger partial charge in [0, 0.05) is 25.0 Å². The molecule has 1 aromatic heterocycles. The van der Waals surface area contributed by atoms with Crippen molar-refractivity contribution in [3.63, 3.8) is 0 Å². The summed E-state index contributed by atoms with van der Waals surface area (Å²) < 4.78 is 87.5. The normalized spacial score (nSPS) is 14.7. The highest BCUT2D eigenvalue weighted by atomic mass is 19.4. The highest BCUT2D eigenvalue weighted by Crippen LogP contribution is 2.36. The number of benzene rings is 2. The molecule has 1 amide bonds. The van der Waals surface area contributed by atoms with Gasteiger partial charge < -0.3 is 20.1 Å². The van der Waals surface area contributed by atoms with Crippen LogP contribution >= 0.6 is 0 Å². The molecule has 0 radical (unpaired) electrons. The Morgan fingerprint density at radius 2 is 1.57 bits per heavy atom. The standard InChI is InChI=1S/C32H34F6N4O4/c1-30(2,3)46-29(45)42-15-13-20(14-16-42)19-7-10-22(11-8-19)40-28-39-18-25(32(36,37)38)26(41-28)12-9-21-5-4-6-24(31(33,34)35)23(21)17-27(43)44/h4-8,10-11,18,20H,9,12-17H2,1-3H3,(H,43,44)(H,39,40,41). The van der Waals surface area contributed by atoms with Gasteiger partial charge in [-0.2, -0.15) is 26.3 Å². The van der Waals surface area contributed by atoms with E-state index in [9.17, 15) is 41.0 Å². The molecule has 0 unspecified atom stereocenters. The molecule has 3 aromatic rings. The monoisotopic (exact) mass is 652 g/mol. The summed E-state index contributed by atoms with van der Waals surface area (Å²) in [5, 5.41) is 12.1. The Hall–Kier alpha value is -4.36. The van der Waals surface area contributed by atoms with E-state index in [0.29, 0.717) is 25.0 Å². The van der Waals surface area contributed by atoms with Gasteiger partial charge in [0.05, 0.1) is 23.2 Å². The van der Waals surface area contributed by atoms with Gasteiger partial charge in [0.2, 0.25) is 5.95 Å². The number of hydrogen-bond donors (Lipinski definition) is 2. The van der Waals surface area contributed by atoms with Crippen LogP contribution in [0.5, 0.6) is 0 Å². The van der Waals surface area contributed by atoms with E-state index in [1.165, 1.54) is 6.07 Å². The van der Waals surface area contributed by atoms with Crippen LogP contribution in [0.15, 0.2) is 48.7 Å². The zero-order valence-electron chi connectivity index (χ0n) is 25.4. The second kappa shape index (κ2) is 13.6. The number of amides is 1. The molecule has 2 N–H and O–H groups in total. The van der Waals surface area contributed by atoms with Gasteiger partial charge >= 0.3 is 24.4 Å². The molecule has 0 bridgehead atoms. The predicted molar refractivity (Wildman–Crippen MR) is 157 cm³/mol. The third-order valence-electron chi connectivity index (χ3n) is 7.50. The van der Waals surface area contributed by atoms with Crippen molar-refractivity contribution >= 4 is 23.7 Å². The van der Waals surface area contributed by atoms with Crippen molar-refractivity contribution in [2.24, 2.45) is 0 Å². The third kappa shape index (κ3) is 9.10. The van der Waals surface area contributed by atoms with Gasteiger partial charge in [0.25, 0.3) is 0 Å². The quantitative estimate of drug-likeness (QED) is 0.240. The molecule has 0 aliphatic carbocycles. The summed E-state index contributed by atoms with van der Waals surface area (Å²) in [6, 6.07) is 10.3. The van der Waals surface area contributed by atoms with Gasteiger partial charge in [-0.25, -0.2) is 14.8 Å². The van der Waals surface area contributed by atoms with Gasteiger partial charge in [-0.1, -0.05) is 24.3 Å². The van der Waals surface area contributed by atoms with Gasteiger partial charge in [-0.05, 0) is 87.3 Å². The number of aryl methyl sites for hydroxylation is 2. The van der Waals surface area contributed by atoms with E-state index in [1.54, 1.807) is 17.0 Å². The molecule has 1 aliphatic rings. The number of aromatic nitrogens is 2. The van der Waals surface area contributed by atoms with Crippen LogP contribution in [0.1, 0.15) is 73.0 Å². The fourth-order valence-corrected chi connectivity index (χ4v) is 5.34. The lowest BCUT2D eigenvalue weighted by molar-refractivity contribution is -0.140. The van der Waals surface area contributed by atoms with Crippen LogP contribution in [0.25, 0.3) is 0 Å². The molecular weight excluding hydrogens is 618 g/mol. The smallest absolute Gasteiger partial charge is 0.419 e. The largest absolute Gasteiger partial charge is 0.481 e. The first-order valence-corrected chi connectivity index (χ1v) is 14.6. The Morgan fingerprint density at radius 3 is 2.13 bits per heavy atom. The van der Waals surface area contributed by atoms with Crippen molar-refractivity contribution in [1.29, 1.82) is 0 Å². The van der Waals surface area contributed by atoms with Crippen LogP contribution in [0.4, 0.5) is 42.8 Å². The van der Waals surface area contributed by atoms with Crippen LogP contribution < -0.4 is 5.32 Å². The Morgan fingerprint density at radius 1 is 0.935 bits per heavy atom. The van der Waals surface area contributed by atoms with Gasteiger partial charge in [-0.3, -0.25) is 4.79 Å². The van der Waals surface area contributed by atoms with Crippen LogP contribution in [-0.2, 0) is 41.1 Å². The number of carboxylic acids is 1. The molecule has 2 aromatic carbocycles. The highest BCUT2D eigenvalue weighted by molar-refractivity contribution is 5.71. The summed E-state index contributed by atoms with van der Waals surface area (Å²) in [6.07, 6.45) is -9.60. The van der Waals surface area contributed by atoms with E-state index in [1.807, 2.05) is 32.9 Å². The number of halogens is 6. The van der Waals surface area contributed by atoms with Crippen LogP contribution in [0.2, 0.25) is 0 Å². The summed E-state index contributed by atoms with van der Waals surface area (Å²) in [4.78, 5) is 33.2. The van der Waals surface area contributed by atoms with E-state index < -0.39 is 59.1 Å². The maximum atomic E-state index is 13.8. The SMILES string of the molecule is CC(C)(C)OC(=O)N1CCC(c2ccc(Nc3ncc(C(F)(F)F)c(CCc4cccc(C(F)(F)F)c4CC(=O)O)n3)cc2)CC1. The first kappa shape index (κ1) is 34.5. The average molecular weight is 653 g/mol. The summed E-state index contributed by atoms with van der Waals surface area (Å²) in [6.45, 7) is 6.51. The minimum Gasteiger partial charge on any atom is -0.481 e. The van der Waals surface area contributed by atoms with E-state index in [-0.39, 0.29) is 29.9 Å². The van der Waals surface area contributed by atoms with Crippen LogP contribution in [-0.4, -0.2) is 50.7 Å². The Bertz CT molecular complexity index is 1540. The van der Waals surface area contributed by atoms with E-state index in [0.717, 1.165) is 30.5 Å². The second-order valence-corrected chi connectivity index (χ2v) is 12.1. The first-order valence-electron chi connectivity index (χ1n) is 14.6. The number of carboxylic acid groups (broad SMARTS) is 1. The second-order valence-electron chi connectivity index (χ2n) is 12.1. The molecular formula is C32H34F6N4O4. The number of carbonyl (C=O) groups is 2. The van der Waals surface area contributed by atoms with Crippen molar-refractivity contribution in [1.82, 2.24) is 14.9 Å². The molecule has 1 aliphatic heterocycles. The molecule has 1 saturated heterocycles. The fourth-order valence-electron chi connectivity index (χ4n) is 5.34. The molecule has 14 heteroatoms. The van der Waals surface area contributed by atoms with Gasteiger partial charge in [0.15, 0.2) is 0 Å². The number of likely N-dealkylation sites (tertiary alicyclic amines) is 1. The first-order chi connectivity index (χ1) is 21.4. The number of rotatable bonds is 8. The Labute approximate surface area is 261 Å². The average Bonchev–Trinajstić information content (AvgIpc) is 2.95. The fraction of sp³-hybridized carbons (Fsp3) is 0.438. The van der Waals surface area contributed by atoms with Crippen molar-refractivity contribution in [3.8, 4) is 0 Å². The summed E-state index contributed by atoms with van der Waals surface area (Å²) >= 11 is 0. The zero-order valence-corrected chi connectivity index (χ0v) is 25.4. The maximum absolute atomic E-state index is 13.8. The third-order valence-corrected chi connectivity index (χ3v) is 7.50. The summed E-state index contributed by atoms with van der Waals surface area (Å²) in [7, 11) is 0. The van der Waals surface area contributed by atoms with Gasteiger partial charge in [-0.15, -0.1) is 0 Å². The van der Waals surface area contributed by atoms with E-state index in [4.69, 9.17) is 4.74 Å². The molecule has 8 nitrogen and oxygen atoms in total. The molecule has 1 fully saturated rings. The lowest BCUT2D eigenvalue weighted by Crippen LogP contribution is -2.41.